The van der Waals surface area contributed by atoms with E-state index < -0.39 is 0 Å². The molecule has 0 N–H and O–H groups in total. The molecule has 0 aliphatic heterocycles. The summed E-state index contributed by atoms with van der Waals surface area (Å²) in [7, 11) is 0. The van der Waals surface area contributed by atoms with Crippen LogP contribution in [0.3, 0.4) is 0 Å². The summed E-state index contributed by atoms with van der Waals surface area (Å²) < 4.78 is 8.37. The standard InChI is InChI=1S/C24H29ClN2O/c1-18-7-5-11-22-24(18)26-23(17-28-21-14-12-20(25)13-15-21)27(22)16-6-10-19-8-3-2-4-9-19/h5,7,11-15,19H,2-4,6,8-10,16-17H2,1H3. The molecule has 1 heterocycles. The van der Waals surface area contributed by atoms with Crippen LogP contribution in [0.25, 0.3) is 11.0 Å². The molecular formula is C24H29ClN2O. The van der Waals surface area contributed by atoms with E-state index in [4.69, 9.17) is 21.3 Å². The van der Waals surface area contributed by atoms with Crippen LogP contribution in [0.4, 0.5) is 0 Å². The van der Waals surface area contributed by atoms with E-state index in [0.717, 1.165) is 34.6 Å². The van der Waals surface area contributed by atoms with Crippen LogP contribution < -0.4 is 4.74 Å². The Labute approximate surface area is 172 Å². The first kappa shape index (κ1) is 19.3. The summed E-state index contributed by atoms with van der Waals surface area (Å²) in [5, 5.41) is 0.720. The van der Waals surface area contributed by atoms with Gasteiger partial charge < -0.3 is 9.30 Å². The second-order valence-electron chi connectivity index (χ2n) is 8.01. The molecule has 28 heavy (non-hydrogen) atoms. The zero-order chi connectivity index (χ0) is 19.3. The normalized spacial score (nSPS) is 15.2. The van der Waals surface area contributed by atoms with Gasteiger partial charge in [0.25, 0.3) is 0 Å². The molecule has 0 bridgehead atoms. The first-order valence-electron chi connectivity index (χ1n) is 10.5. The predicted octanol–water partition coefficient (Wildman–Crippen LogP) is 6.94. The van der Waals surface area contributed by atoms with Crippen LogP contribution in [0.15, 0.2) is 42.5 Å². The Kier molecular flexibility index (Phi) is 6.21. The SMILES string of the molecule is Cc1cccc2c1nc(COc1ccc(Cl)cc1)n2CCCC1CCCCC1. The maximum atomic E-state index is 6.01. The lowest BCUT2D eigenvalue weighted by atomic mass is 9.86. The van der Waals surface area contributed by atoms with Crippen molar-refractivity contribution in [3.63, 3.8) is 0 Å². The van der Waals surface area contributed by atoms with Crippen molar-refractivity contribution < 1.29 is 4.74 Å². The minimum absolute atomic E-state index is 0.471. The molecule has 1 fully saturated rings. The highest BCUT2D eigenvalue weighted by atomic mass is 35.5. The molecule has 4 rings (SSSR count). The Morgan fingerprint density at radius 3 is 2.64 bits per heavy atom. The molecule has 1 aliphatic carbocycles. The van der Waals surface area contributed by atoms with Crippen molar-refractivity contribution in [2.75, 3.05) is 0 Å². The summed E-state index contributed by atoms with van der Waals surface area (Å²) in [6.07, 6.45) is 9.61. The zero-order valence-electron chi connectivity index (χ0n) is 16.7. The van der Waals surface area contributed by atoms with E-state index in [-0.39, 0.29) is 0 Å². The molecule has 148 valence electrons. The van der Waals surface area contributed by atoms with Gasteiger partial charge in [-0.25, -0.2) is 4.98 Å². The number of aromatic nitrogens is 2. The molecule has 2 aromatic carbocycles. The number of fused-ring (bicyclic) bond motifs is 1. The van der Waals surface area contributed by atoms with Gasteiger partial charge in [-0.15, -0.1) is 0 Å². The molecule has 1 aliphatic rings. The first-order chi connectivity index (χ1) is 13.7. The summed E-state index contributed by atoms with van der Waals surface area (Å²) in [6, 6.07) is 14.0. The van der Waals surface area contributed by atoms with Crippen LogP contribution in [0.5, 0.6) is 5.75 Å². The van der Waals surface area contributed by atoms with Gasteiger partial charge >= 0.3 is 0 Å². The fourth-order valence-corrected chi connectivity index (χ4v) is 4.51. The summed E-state index contributed by atoms with van der Waals surface area (Å²) in [6.45, 7) is 3.61. The minimum atomic E-state index is 0.471. The lowest BCUT2D eigenvalue weighted by Crippen LogP contribution is -2.10. The van der Waals surface area contributed by atoms with Crippen LogP contribution in [0, 0.1) is 12.8 Å². The summed E-state index contributed by atoms with van der Waals surface area (Å²) in [4.78, 5) is 4.92. The smallest absolute Gasteiger partial charge is 0.148 e. The monoisotopic (exact) mass is 396 g/mol. The van der Waals surface area contributed by atoms with Gasteiger partial charge in [0.1, 0.15) is 18.2 Å². The lowest BCUT2D eigenvalue weighted by Gasteiger charge is -2.21. The third kappa shape index (κ3) is 4.52. The molecule has 1 saturated carbocycles. The highest BCUT2D eigenvalue weighted by Crippen LogP contribution is 2.28. The Balaban J connectivity index is 1.50. The van der Waals surface area contributed by atoms with Crippen LogP contribution in [0.2, 0.25) is 5.02 Å². The van der Waals surface area contributed by atoms with Gasteiger partial charge in [0.05, 0.1) is 11.0 Å². The van der Waals surface area contributed by atoms with E-state index in [2.05, 4.69) is 29.7 Å². The number of rotatable bonds is 7. The van der Waals surface area contributed by atoms with Crippen LogP contribution in [0.1, 0.15) is 56.3 Å². The average molecular weight is 397 g/mol. The third-order valence-electron chi connectivity index (χ3n) is 5.96. The zero-order valence-corrected chi connectivity index (χ0v) is 17.4. The number of benzene rings is 2. The van der Waals surface area contributed by atoms with Crippen LogP contribution in [-0.4, -0.2) is 9.55 Å². The van der Waals surface area contributed by atoms with Crippen molar-refractivity contribution in [2.45, 2.75) is 65.0 Å². The molecule has 0 atom stereocenters. The van der Waals surface area contributed by atoms with Crippen molar-refractivity contribution in [2.24, 2.45) is 5.92 Å². The van der Waals surface area contributed by atoms with E-state index in [1.165, 1.54) is 56.0 Å². The number of para-hydroxylation sites is 1. The molecular weight excluding hydrogens is 368 g/mol. The topological polar surface area (TPSA) is 27.1 Å². The second-order valence-corrected chi connectivity index (χ2v) is 8.45. The van der Waals surface area contributed by atoms with Gasteiger partial charge in [0.15, 0.2) is 0 Å². The van der Waals surface area contributed by atoms with E-state index in [1.54, 1.807) is 0 Å². The highest BCUT2D eigenvalue weighted by Gasteiger charge is 2.16. The van der Waals surface area contributed by atoms with Gasteiger partial charge in [-0.3, -0.25) is 0 Å². The molecule has 1 aromatic heterocycles. The molecule has 0 saturated heterocycles. The maximum Gasteiger partial charge on any atom is 0.148 e. The number of hydrogen-bond acceptors (Lipinski definition) is 2. The van der Waals surface area contributed by atoms with Gasteiger partial charge in [-0.05, 0) is 61.6 Å². The van der Waals surface area contributed by atoms with Crippen molar-refractivity contribution in [3.8, 4) is 5.75 Å². The quantitative estimate of drug-likeness (QED) is 0.432. The number of hydrogen-bond donors (Lipinski definition) is 0. The largest absolute Gasteiger partial charge is 0.486 e. The Bertz CT molecular complexity index is 910. The number of aryl methyl sites for hydroxylation is 2. The van der Waals surface area contributed by atoms with Gasteiger partial charge in [-0.2, -0.15) is 0 Å². The van der Waals surface area contributed by atoms with Crippen molar-refractivity contribution in [1.82, 2.24) is 9.55 Å². The number of nitrogens with zero attached hydrogens (tertiary/aromatic N) is 2. The van der Waals surface area contributed by atoms with Crippen LogP contribution >= 0.6 is 11.6 Å². The molecule has 4 heteroatoms. The molecule has 3 aromatic rings. The fraction of sp³-hybridized carbons (Fsp3) is 0.458. The highest BCUT2D eigenvalue weighted by molar-refractivity contribution is 6.30. The Morgan fingerprint density at radius 2 is 1.86 bits per heavy atom. The summed E-state index contributed by atoms with van der Waals surface area (Å²) >= 11 is 5.97. The number of halogens is 1. The Hall–Kier alpha value is -2.00. The summed E-state index contributed by atoms with van der Waals surface area (Å²) in [5.41, 5.74) is 3.53. The van der Waals surface area contributed by atoms with Gasteiger partial charge in [0.2, 0.25) is 0 Å². The molecule has 0 unspecified atom stereocenters. The van der Waals surface area contributed by atoms with E-state index in [9.17, 15) is 0 Å². The van der Waals surface area contributed by atoms with E-state index >= 15 is 0 Å². The minimum Gasteiger partial charge on any atom is -0.486 e. The predicted molar refractivity (Wildman–Crippen MR) is 116 cm³/mol. The molecule has 0 amide bonds. The molecule has 0 radical (unpaired) electrons. The summed E-state index contributed by atoms with van der Waals surface area (Å²) in [5.74, 6) is 2.74. The molecule has 3 nitrogen and oxygen atoms in total. The average Bonchev–Trinajstić information content (AvgIpc) is 3.08. The van der Waals surface area contributed by atoms with Crippen molar-refractivity contribution >= 4 is 22.6 Å². The number of ether oxygens (including phenoxy) is 1. The molecule has 0 spiro atoms. The van der Waals surface area contributed by atoms with Gasteiger partial charge in [0, 0.05) is 11.6 Å². The van der Waals surface area contributed by atoms with E-state index in [0.29, 0.717) is 6.61 Å². The Morgan fingerprint density at radius 1 is 1.07 bits per heavy atom. The maximum absolute atomic E-state index is 6.01. The fourth-order valence-electron chi connectivity index (χ4n) is 4.39. The van der Waals surface area contributed by atoms with Gasteiger partial charge in [-0.1, -0.05) is 55.8 Å². The van der Waals surface area contributed by atoms with Crippen molar-refractivity contribution in [1.29, 1.82) is 0 Å². The number of imidazole rings is 1. The van der Waals surface area contributed by atoms with E-state index in [1.807, 2.05) is 24.3 Å². The lowest BCUT2D eigenvalue weighted by molar-refractivity contribution is 0.286. The third-order valence-corrected chi connectivity index (χ3v) is 6.21. The van der Waals surface area contributed by atoms with Crippen molar-refractivity contribution in [3.05, 3.63) is 58.9 Å². The van der Waals surface area contributed by atoms with Crippen LogP contribution in [-0.2, 0) is 13.2 Å². The first-order valence-corrected chi connectivity index (χ1v) is 10.9. The second kappa shape index (κ2) is 9.00.